The first-order valence-corrected chi connectivity index (χ1v) is 8.23. The van der Waals surface area contributed by atoms with Crippen LogP contribution in [0.3, 0.4) is 0 Å². The number of rotatable bonds is 4. The van der Waals surface area contributed by atoms with Crippen LogP contribution in [-0.2, 0) is 0 Å². The largest absolute Gasteiger partial charge is 0.338 e. The predicted octanol–water partition coefficient (Wildman–Crippen LogP) is 2.68. The van der Waals surface area contributed by atoms with E-state index in [1.165, 1.54) is 24.2 Å². The summed E-state index contributed by atoms with van der Waals surface area (Å²) in [5.41, 5.74) is 3.65. The molecule has 0 aromatic carbocycles. The Kier molecular flexibility index (Phi) is 3.58. The summed E-state index contributed by atoms with van der Waals surface area (Å²) in [7, 11) is 0. The molecule has 1 fully saturated rings. The quantitative estimate of drug-likeness (QED) is 0.769. The summed E-state index contributed by atoms with van der Waals surface area (Å²) in [6.07, 6.45) is 5.84. The number of pyridine rings is 1. The number of hydrogen-bond donors (Lipinski definition) is 2. The highest BCUT2D eigenvalue weighted by Gasteiger charge is 2.21. The third-order valence-electron chi connectivity index (χ3n) is 3.58. The first-order chi connectivity index (χ1) is 11.3. The second-order valence-electron chi connectivity index (χ2n) is 5.44. The molecule has 0 bridgehead atoms. The fraction of sp³-hybridized carbons (Fsp3) is 0.267. The minimum atomic E-state index is -0.240. The second-order valence-corrected chi connectivity index (χ2v) is 6.32. The van der Waals surface area contributed by atoms with Crippen molar-refractivity contribution in [2.75, 3.05) is 11.9 Å². The van der Waals surface area contributed by atoms with Gasteiger partial charge in [0.2, 0.25) is 0 Å². The summed E-state index contributed by atoms with van der Waals surface area (Å²) in [6, 6.07) is 3.28. The van der Waals surface area contributed by atoms with Crippen molar-refractivity contribution in [2.45, 2.75) is 12.8 Å². The number of carbonyl (C=O) groups excluding carboxylic acids is 1. The highest BCUT2D eigenvalue weighted by molar-refractivity contribution is 7.13. The monoisotopic (exact) mass is 326 g/mol. The van der Waals surface area contributed by atoms with Gasteiger partial charge < -0.3 is 5.32 Å². The number of thiazole rings is 1. The molecule has 3 aromatic rings. The van der Waals surface area contributed by atoms with E-state index in [-0.39, 0.29) is 6.03 Å². The molecule has 116 valence electrons. The van der Waals surface area contributed by atoms with E-state index in [1.54, 1.807) is 30.0 Å². The van der Waals surface area contributed by atoms with E-state index in [2.05, 4.69) is 30.6 Å². The molecular formula is C15H14N6OS. The van der Waals surface area contributed by atoms with Gasteiger partial charge in [-0.2, -0.15) is 0 Å². The highest BCUT2D eigenvalue weighted by Crippen LogP contribution is 2.27. The summed E-state index contributed by atoms with van der Waals surface area (Å²) in [6.45, 7) is 0.717. The van der Waals surface area contributed by atoms with Gasteiger partial charge in [0.05, 0.1) is 16.6 Å². The summed E-state index contributed by atoms with van der Waals surface area (Å²) in [4.78, 5) is 30.0. The number of nitrogens with zero attached hydrogens (tertiary/aromatic N) is 4. The summed E-state index contributed by atoms with van der Waals surface area (Å²) in [5.74, 6) is 1.10. The topological polar surface area (TPSA) is 92.7 Å². The summed E-state index contributed by atoms with van der Waals surface area (Å²) in [5, 5.41) is 5.57. The molecule has 0 aliphatic heterocycles. The van der Waals surface area contributed by atoms with Crippen molar-refractivity contribution in [1.29, 1.82) is 0 Å². The van der Waals surface area contributed by atoms with Gasteiger partial charge in [0.25, 0.3) is 0 Å². The Morgan fingerprint density at radius 1 is 1.26 bits per heavy atom. The Hall–Kier alpha value is -2.61. The Labute approximate surface area is 136 Å². The Balaban J connectivity index is 1.54. The van der Waals surface area contributed by atoms with Gasteiger partial charge in [-0.25, -0.2) is 14.8 Å². The van der Waals surface area contributed by atoms with Crippen LogP contribution in [0.15, 0.2) is 30.0 Å². The molecule has 3 aromatic heterocycles. The van der Waals surface area contributed by atoms with E-state index in [9.17, 15) is 4.79 Å². The van der Waals surface area contributed by atoms with Crippen molar-refractivity contribution in [2.24, 2.45) is 5.92 Å². The number of hydrogen-bond acceptors (Lipinski definition) is 6. The SMILES string of the molecule is O=C(NCC1CC1)Nc1ccc2ncc(-c3cncs3)nc2n1. The molecule has 0 saturated heterocycles. The number of aromatic nitrogens is 4. The lowest BCUT2D eigenvalue weighted by atomic mass is 10.3. The molecule has 3 heterocycles. The van der Waals surface area contributed by atoms with E-state index in [0.29, 0.717) is 22.9 Å². The van der Waals surface area contributed by atoms with Crippen molar-refractivity contribution >= 4 is 34.3 Å². The Bertz CT molecular complexity index is 846. The van der Waals surface area contributed by atoms with Crippen LogP contribution >= 0.6 is 11.3 Å². The fourth-order valence-corrected chi connectivity index (χ4v) is 2.72. The molecule has 1 aliphatic carbocycles. The Morgan fingerprint density at radius 2 is 2.17 bits per heavy atom. The predicted molar refractivity (Wildman–Crippen MR) is 88.2 cm³/mol. The van der Waals surface area contributed by atoms with Crippen LogP contribution in [-0.4, -0.2) is 32.5 Å². The maximum absolute atomic E-state index is 11.8. The van der Waals surface area contributed by atoms with E-state index in [1.807, 2.05) is 0 Å². The zero-order valence-electron chi connectivity index (χ0n) is 12.2. The number of urea groups is 1. The van der Waals surface area contributed by atoms with Crippen LogP contribution in [0.2, 0.25) is 0 Å². The van der Waals surface area contributed by atoms with Crippen LogP contribution in [0.1, 0.15) is 12.8 Å². The fourth-order valence-electron chi connectivity index (χ4n) is 2.15. The van der Waals surface area contributed by atoms with Crippen LogP contribution in [0, 0.1) is 5.92 Å². The minimum Gasteiger partial charge on any atom is -0.338 e. The number of carbonyl (C=O) groups is 1. The lowest BCUT2D eigenvalue weighted by Gasteiger charge is -2.07. The molecule has 4 rings (SSSR count). The molecule has 1 aliphatic rings. The van der Waals surface area contributed by atoms with Crippen molar-refractivity contribution in [1.82, 2.24) is 25.3 Å². The van der Waals surface area contributed by atoms with Crippen LogP contribution in [0.4, 0.5) is 10.6 Å². The highest BCUT2D eigenvalue weighted by atomic mass is 32.1. The van der Waals surface area contributed by atoms with Gasteiger partial charge in [0.15, 0.2) is 5.65 Å². The molecule has 2 amide bonds. The molecule has 0 atom stereocenters. The smallest absolute Gasteiger partial charge is 0.320 e. The number of amides is 2. The van der Waals surface area contributed by atoms with E-state index in [0.717, 1.165) is 17.1 Å². The first-order valence-electron chi connectivity index (χ1n) is 7.35. The van der Waals surface area contributed by atoms with E-state index in [4.69, 9.17) is 0 Å². The van der Waals surface area contributed by atoms with Gasteiger partial charge in [0.1, 0.15) is 17.0 Å². The number of anilines is 1. The average molecular weight is 326 g/mol. The average Bonchev–Trinajstić information content (AvgIpc) is 3.24. The molecule has 2 N–H and O–H groups in total. The molecule has 0 unspecified atom stereocenters. The van der Waals surface area contributed by atoms with Gasteiger partial charge in [-0.15, -0.1) is 11.3 Å². The van der Waals surface area contributed by atoms with Crippen molar-refractivity contribution in [3.8, 4) is 10.6 Å². The number of fused-ring (bicyclic) bond motifs is 1. The third kappa shape index (κ3) is 3.26. The third-order valence-corrected chi connectivity index (χ3v) is 4.38. The maximum Gasteiger partial charge on any atom is 0.320 e. The maximum atomic E-state index is 11.8. The van der Waals surface area contributed by atoms with Crippen molar-refractivity contribution < 1.29 is 4.79 Å². The van der Waals surface area contributed by atoms with Gasteiger partial charge in [-0.05, 0) is 30.9 Å². The molecule has 0 radical (unpaired) electrons. The molecule has 0 spiro atoms. The molecular weight excluding hydrogens is 312 g/mol. The Morgan fingerprint density at radius 3 is 2.96 bits per heavy atom. The molecule has 23 heavy (non-hydrogen) atoms. The molecule has 8 heteroatoms. The zero-order valence-corrected chi connectivity index (χ0v) is 13.0. The normalized spacial score (nSPS) is 13.9. The molecule has 7 nitrogen and oxygen atoms in total. The molecule has 1 saturated carbocycles. The minimum absolute atomic E-state index is 0.240. The van der Waals surface area contributed by atoms with E-state index >= 15 is 0 Å². The van der Waals surface area contributed by atoms with Crippen molar-refractivity contribution in [3.63, 3.8) is 0 Å². The lowest BCUT2D eigenvalue weighted by Crippen LogP contribution is -2.30. The summed E-state index contributed by atoms with van der Waals surface area (Å²) >= 11 is 1.49. The lowest BCUT2D eigenvalue weighted by molar-refractivity contribution is 0.251. The standard InChI is InChI=1S/C15H14N6OS/c22-15(18-5-9-1-2-9)21-13-4-3-10-14(20-13)19-11(6-17-10)12-7-16-8-23-12/h3-4,6-9H,1-2,5H2,(H2,18,19,20,21,22). The van der Waals surface area contributed by atoms with Crippen LogP contribution < -0.4 is 10.6 Å². The van der Waals surface area contributed by atoms with Crippen LogP contribution in [0.25, 0.3) is 21.7 Å². The van der Waals surface area contributed by atoms with Gasteiger partial charge in [-0.3, -0.25) is 15.3 Å². The zero-order chi connectivity index (χ0) is 15.6. The van der Waals surface area contributed by atoms with Gasteiger partial charge in [-0.1, -0.05) is 0 Å². The van der Waals surface area contributed by atoms with Crippen molar-refractivity contribution in [3.05, 3.63) is 30.0 Å². The second kappa shape index (κ2) is 5.88. The van der Waals surface area contributed by atoms with Gasteiger partial charge >= 0.3 is 6.03 Å². The van der Waals surface area contributed by atoms with Gasteiger partial charge in [0, 0.05) is 12.7 Å². The first kappa shape index (κ1) is 14.0. The summed E-state index contributed by atoms with van der Waals surface area (Å²) < 4.78 is 0. The number of nitrogens with one attached hydrogen (secondary N) is 2. The van der Waals surface area contributed by atoms with E-state index < -0.39 is 0 Å². The van der Waals surface area contributed by atoms with Crippen LogP contribution in [0.5, 0.6) is 0 Å².